The average Bonchev–Trinajstić information content (AvgIpc) is 3.23. The minimum Gasteiger partial charge on any atom is -0.491 e. The third kappa shape index (κ3) is 8.19. The maximum Gasteiger partial charge on any atom is 0.227 e. The minimum atomic E-state index is 0. The smallest absolute Gasteiger partial charge is 0.227 e. The van der Waals surface area contributed by atoms with Crippen LogP contribution in [0.5, 0.6) is 5.75 Å². The maximum atomic E-state index is 11.9. The van der Waals surface area contributed by atoms with E-state index in [4.69, 9.17) is 14.5 Å². The Labute approximate surface area is 214 Å². The summed E-state index contributed by atoms with van der Waals surface area (Å²) in [6, 6.07) is 14.3. The number of carbonyl (C=O) groups is 1. The Balaban J connectivity index is 0.00000385. The van der Waals surface area contributed by atoms with Gasteiger partial charge in [-0.1, -0.05) is 24.3 Å². The summed E-state index contributed by atoms with van der Waals surface area (Å²) >= 11 is 0. The minimum absolute atomic E-state index is 0. The summed E-state index contributed by atoms with van der Waals surface area (Å²) in [7, 11) is 1.67. The van der Waals surface area contributed by atoms with E-state index in [1.54, 1.807) is 7.11 Å². The highest BCUT2D eigenvalue weighted by molar-refractivity contribution is 14.0. The molecule has 1 amide bonds. The number of hydrogen-bond donors (Lipinski definition) is 2. The van der Waals surface area contributed by atoms with Gasteiger partial charge in [0, 0.05) is 44.4 Å². The van der Waals surface area contributed by atoms with E-state index >= 15 is 0 Å². The van der Waals surface area contributed by atoms with Crippen LogP contribution in [0.15, 0.2) is 47.5 Å². The van der Waals surface area contributed by atoms with E-state index in [2.05, 4.69) is 29.7 Å². The normalized spacial score (nSPS) is 13.6. The van der Waals surface area contributed by atoms with E-state index in [9.17, 15) is 4.79 Å². The molecule has 0 saturated carbocycles. The highest BCUT2D eigenvalue weighted by atomic mass is 127. The number of anilines is 1. The lowest BCUT2D eigenvalue weighted by Crippen LogP contribution is -2.36. The van der Waals surface area contributed by atoms with Gasteiger partial charge < -0.3 is 25.0 Å². The Bertz CT molecular complexity index is 918. The van der Waals surface area contributed by atoms with Crippen LogP contribution in [0.2, 0.25) is 0 Å². The number of nitrogens with zero attached hydrogens (tertiary/aromatic N) is 2. The summed E-state index contributed by atoms with van der Waals surface area (Å²) in [5, 5.41) is 6.69. The molecule has 1 fully saturated rings. The molecule has 0 aliphatic carbocycles. The van der Waals surface area contributed by atoms with Crippen LogP contribution >= 0.6 is 24.0 Å². The van der Waals surface area contributed by atoms with E-state index in [0.717, 1.165) is 53.6 Å². The van der Waals surface area contributed by atoms with Crippen molar-refractivity contribution in [2.24, 2.45) is 4.99 Å². The number of methoxy groups -OCH3 is 1. The van der Waals surface area contributed by atoms with Crippen LogP contribution in [0.3, 0.4) is 0 Å². The lowest BCUT2D eigenvalue weighted by molar-refractivity contribution is -0.117. The fourth-order valence-corrected chi connectivity index (χ4v) is 3.57. The molecule has 180 valence electrons. The number of rotatable bonds is 10. The molecule has 2 aromatic carbocycles. The molecule has 0 atom stereocenters. The molecule has 0 bridgehead atoms. The SMILES string of the molecule is CCNC(=NCc1ccc(N2CCCC2=O)cc1)NCc1ccc(C)cc1OCCOC.I. The molecule has 7 nitrogen and oxygen atoms in total. The predicted octanol–water partition coefficient (Wildman–Crippen LogP) is 4.02. The van der Waals surface area contributed by atoms with Gasteiger partial charge in [-0.2, -0.15) is 0 Å². The van der Waals surface area contributed by atoms with Crippen molar-refractivity contribution in [1.29, 1.82) is 0 Å². The van der Waals surface area contributed by atoms with Crippen LogP contribution < -0.4 is 20.3 Å². The number of nitrogens with one attached hydrogen (secondary N) is 2. The molecule has 3 rings (SSSR count). The van der Waals surface area contributed by atoms with Crippen molar-refractivity contribution >= 4 is 41.5 Å². The first-order chi connectivity index (χ1) is 15.6. The third-order valence-electron chi connectivity index (χ3n) is 5.30. The molecule has 1 saturated heterocycles. The van der Waals surface area contributed by atoms with Crippen LogP contribution in [-0.2, 0) is 22.6 Å². The molecule has 0 unspecified atom stereocenters. The molecule has 2 aromatic rings. The van der Waals surface area contributed by atoms with Gasteiger partial charge in [-0.15, -0.1) is 24.0 Å². The number of ether oxygens (including phenoxy) is 2. The number of guanidine groups is 1. The summed E-state index contributed by atoms with van der Waals surface area (Å²) in [6.07, 6.45) is 1.58. The Morgan fingerprint density at radius 3 is 2.58 bits per heavy atom. The van der Waals surface area contributed by atoms with Gasteiger partial charge in [0.2, 0.25) is 5.91 Å². The van der Waals surface area contributed by atoms with Gasteiger partial charge in [0.05, 0.1) is 13.2 Å². The number of amides is 1. The topological polar surface area (TPSA) is 75.2 Å². The molecule has 1 aliphatic heterocycles. The van der Waals surface area contributed by atoms with Crippen molar-refractivity contribution in [2.45, 2.75) is 39.8 Å². The van der Waals surface area contributed by atoms with Gasteiger partial charge in [-0.05, 0) is 49.6 Å². The summed E-state index contributed by atoms with van der Waals surface area (Å²) < 4.78 is 11.0. The van der Waals surface area contributed by atoms with Gasteiger partial charge in [-0.25, -0.2) is 4.99 Å². The van der Waals surface area contributed by atoms with E-state index < -0.39 is 0 Å². The van der Waals surface area contributed by atoms with Gasteiger partial charge in [0.1, 0.15) is 12.4 Å². The van der Waals surface area contributed by atoms with Crippen LogP contribution in [0.4, 0.5) is 5.69 Å². The second-order valence-corrected chi connectivity index (χ2v) is 7.82. The van der Waals surface area contributed by atoms with Crippen molar-refractivity contribution in [1.82, 2.24) is 10.6 Å². The van der Waals surface area contributed by atoms with Crippen LogP contribution in [0, 0.1) is 6.92 Å². The second-order valence-electron chi connectivity index (χ2n) is 7.82. The fourth-order valence-electron chi connectivity index (χ4n) is 3.57. The number of aryl methyl sites for hydroxylation is 1. The Kier molecular flexibility index (Phi) is 11.5. The Hall–Kier alpha value is -2.33. The van der Waals surface area contributed by atoms with E-state index in [1.807, 2.05) is 42.2 Å². The summed E-state index contributed by atoms with van der Waals surface area (Å²) in [5.74, 6) is 1.81. The quantitative estimate of drug-likeness (QED) is 0.197. The van der Waals surface area contributed by atoms with Gasteiger partial charge in [0.15, 0.2) is 5.96 Å². The van der Waals surface area contributed by atoms with Gasteiger partial charge >= 0.3 is 0 Å². The first-order valence-corrected chi connectivity index (χ1v) is 11.2. The van der Waals surface area contributed by atoms with Gasteiger partial charge in [0.25, 0.3) is 0 Å². The van der Waals surface area contributed by atoms with Crippen LogP contribution in [0.1, 0.15) is 36.5 Å². The molecule has 0 radical (unpaired) electrons. The lowest BCUT2D eigenvalue weighted by Gasteiger charge is -2.16. The molecule has 2 N–H and O–H groups in total. The Morgan fingerprint density at radius 1 is 1.12 bits per heavy atom. The second kappa shape index (κ2) is 14.0. The zero-order valence-electron chi connectivity index (χ0n) is 19.7. The first-order valence-electron chi connectivity index (χ1n) is 11.2. The monoisotopic (exact) mass is 566 g/mol. The molecule has 0 aromatic heterocycles. The lowest BCUT2D eigenvalue weighted by atomic mass is 10.1. The summed E-state index contributed by atoms with van der Waals surface area (Å²) in [5.41, 5.74) is 4.28. The summed E-state index contributed by atoms with van der Waals surface area (Å²) in [4.78, 5) is 18.5. The molecule has 1 aliphatic rings. The van der Waals surface area contributed by atoms with Crippen LogP contribution in [0.25, 0.3) is 0 Å². The standard InChI is InChI=1S/C25H34N4O3.HI/c1-4-26-25(28-18-21-10-7-19(2)16-23(21)32-15-14-31-3)27-17-20-8-11-22(12-9-20)29-13-5-6-24(29)30;/h7-12,16H,4-6,13-15,17-18H2,1-3H3,(H2,26,27,28);1H. The maximum absolute atomic E-state index is 11.9. The highest BCUT2D eigenvalue weighted by Gasteiger charge is 2.21. The number of aliphatic imine (C=N–C) groups is 1. The number of benzene rings is 2. The van der Waals surface area contributed by atoms with E-state index in [-0.39, 0.29) is 29.9 Å². The van der Waals surface area contributed by atoms with Crippen molar-refractivity contribution in [3.05, 3.63) is 59.2 Å². The van der Waals surface area contributed by atoms with Crippen molar-refractivity contribution in [3.8, 4) is 5.75 Å². The van der Waals surface area contributed by atoms with Crippen molar-refractivity contribution in [2.75, 3.05) is 38.3 Å². The molecule has 33 heavy (non-hydrogen) atoms. The van der Waals surface area contributed by atoms with Crippen molar-refractivity contribution in [3.63, 3.8) is 0 Å². The van der Waals surface area contributed by atoms with E-state index in [0.29, 0.717) is 32.7 Å². The number of hydrogen-bond acceptors (Lipinski definition) is 4. The zero-order chi connectivity index (χ0) is 22.8. The molecular weight excluding hydrogens is 531 g/mol. The van der Waals surface area contributed by atoms with Crippen molar-refractivity contribution < 1.29 is 14.3 Å². The number of carbonyl (C=O) groups excluding carboxylic acids is 1. The molecular formula is C25H35IN4O3. The molecule has 0 spiro atoms. The van der Waals surface area contributed by atoms with E-state index in [1.165, 1.54) is 0 Å². The zero-order valence-corrected chi connectivity index (χ0v) is 22.1. The molecule has 1 heterocycles. The summed E-state index contributed by atoms with van der Waals surface area (Å²) in [6.45, 7) is 7.89. The third-order valence-corrected chi connectivity index (χ3v) is 5.30. The molecule has 8 heteroatoms. The first kappa shape index (κ1) is 26.9. The average molecular weight is 566 g/mol. The highest BCUT2D eigenvalue weighted by Crippen LogP contribution is 2.22. The largest absolute Gasteiger partial charge is 0.491 e. The number of halogens is 1. The predicted molar refractivity (Wildman–Crippen MR) is 144 cm³/mol. The Morgan fingerprint density at radius 2 is 1.91 bits per heavy atom. The van der Waals surface area contributed by atoms with Gasteiger partial charge in [-0.3, -0.25) is 4.79 Å². The van der Waals surface area contributed by atoms with Crippen LogP contribution in [-0.4, -0.2) is 45.3 Å². The fraction of sp³-hybridized carbons (Fsp3) is 0.440.